The first kappa shape index (κ1) is 16.2. The first-order valence-corrected chi connectivity index (χ1v) is 7.69. The molecular formula is C12H18N2O5S. The van der Waals surface area contributed by atoms with Gasteiger partial charge in [0.2, 0.25) is 0 Å². The third kappa shape index (κ3) is 5.04. The van der Waals surface area contributed by atoms with Crippen molar-refractivity contribution in [2.75, 3.05) is 12.0 Å². The number of carboxylic acid groups (broad SMARTS) is 1. The molecule has 2 unspecified atom stereocenters. The van der Waals surface area contributed by atoms with Gasteiger partial charge in [0.15, 0.2) is 0 Å². The van der Waals surface area contributed by atoms with Gasteiger partial charge < -0.3 is 20.2 Å². The summed E-state index contributed by atoms with van der Waals surface area (Å²) in [4.78, 5) is 22.4. The van der Waals surface area contributed by atoms with Gasteiger partial charge in [-0.1, -0.05) is 0 Å². The number of carbonyl (C=O) groups excluding carboxylic acids is 1. The van der Waals surface area contributed by atoms with Crippen molar-refractivity contribution in [2.45, 2.75) is 26.4 Å². The molecule has 0 saturated carbocycles. The van der Waals surface area contributed by atoms with Crippen molar-refractivity contribution in [3.63, 3.8) is 0 Å². The first-order valence-electron chi connectivity index (χ1n) is 5.96. The van der Waals surface area contributed by atoms with Gasteiger partial charge in [0.25, 0.3) is 0 Å². The lowest BCUT2D eigenvalue weighted by atomic mass is 10.2. The van der Waals surface area contributed by atoms with E-state index >= 15 is 0 Å². The Morgan fingerprint density at radius 1 is 1.50 bits per heavy atom. The van der Waals surface area contributed by atoms with Crippen molar-refractivity contribution in [3.8, 4) is 0 Å². The second kappa shape index (κ2) is 7.09. The van der Waals surface area contributed by atoms with E-state index < -0.39 is 22.8 Å². The standard InChI is InChI=1S/C12H18N2O5S/c1-7(6-20(3)18)14-12(17)13-5-9-4-10(11(15)16)8(2)19-9/h4,7H,5-6H2,1-3H3,(H,15,16)(H2,13,14,17). The maximum Gasteiger partial charge on any atom is 0.339 e. The molecule has 2 amide bonds. The van der Waals surface area contributed by atoms with Crippen LogP contribution in [0, 0.1) is 6.92 Å². The van der Waals surface area contributed by atoms with Crippen LogP contribution in [0.4, 0.5) is 4.79 Å². The highest BCUT2D eigenvalue weighted by atomic mass is 32.2. The molecule has 1 rings (SSSR count). The van der Waals surface area contributed by atoms with Gasteiger partial charge in [0, 0.05) is 28.9 Å². The number of urea groups is 1. The van der Waals surface area contributed by atoms with Crippen LogP contribution in [0.25, 0.3) is 0 Å². The van der Waals surface area contributed by atoms with Gasteiger partial charge in [-0.2, -0.15) is 0 Å². The van der Waals surface area contributed by atoms with E-state index in [1.165, 1.54) is 6.07 Å². The molecule has 7 nitrogen and oxygen atoms in total. The number of hydrogen-bond acceptors (Lipinski definition) is 4. The van der Waals surface area contributed by atoms with Gasteiger partial charge in [0.05, 0.1) is 6.54 Å². The maximum absolute atomic E-state index is 11.6. The molecule has 0 fully saturated rings. The van der Waals surface area contributed by atoms with Crippen LogP contribution in [-0.2, 0) is 17.3 Å². The predicted molar refractivity (Wildman–Crippen MR) is 74.2 cm³/mol. The van der Waals surface area contributed by atoms with E-state index in [0.717, 1.165) is 0 Å². The molecule has 0 saturated heterocycles. The van der Waals surface area contributed by atoms with Crippen LogP contribution >= 0.6 is 0 Å². The zero-order valence-corrected chi connectivity index (χ0v) is 12.4. The van der Waals surface area contributed by atoms with E-state index in [1.807, 2.05) is 0 Å². The molecule has 8 heteroatoms. The lowest BCUT2D eigenvalue weighted by molar-refractivity contribution is 0.0695. The second-order valence-corrected chi connectivity index (χ2v) is 5.94. The summed E-state index contributed by atoms with van der Waals surface area (Å²) in [6, 6.07) is 0.741. The zero-order valence-electron chi connectivity index (χ0n) is 11.6. The highest BCUT2D eigenvalue weighted by molar-refractivity contribution is 7.84. The summed E-state index contributed by atoms with van der Waals surface area (Å²) in [6.45, 7) is 3.38. The van der Waals surface area contributed by atoms with E-state index in [0.29, 0.717) is 17.3 Å². The van der Waals surface area contributed by atoms with Crippen molar-refractivity contribution in [1.29, 1.82) is 0 Å². The molecule has 20 heavy (non-hydrogen) atoms. The Kier molecular flexibility index (Phi) is 5.75. The van der Waals surface area contributed by atoms with Crippen LogP contribution in [0.2, 0.25) is 0 Å². The summed E-state index contributed by atoms with van der Waals surface area (Å²) in [6.07, 6.45) is 1.56. The smallest absolute Gasteiger partial charge is 0.339 e. The second-order valence-electron chi connectivity index (χ2n) is 4.46. The molecule has 2 atom stereocenters. The number of aryl methyl sites for hydroxylation is 1. The number of carbonyl (C=O) groups is 2. The molecule has 0 aromatic carbocycles. The Bertz CT molecular complexity index is 526. The normalized spacial score (nSPS) is 13.6. The van der Waals surface area contributed by atoms with E-state index in [-0.39, 0.29) is 18.2 Å². The lowest BCUT2D eigenvalue weighted by Gasteiger charge is -2.12. The quantitative estimate of drug-likeness (QED) is 0.722. The highest BCUT2D eigenvalue weighted by Gasteiger charge is 2.14. The minimum absolute atomic E-state index is 0.0805. The fourth-order valence-electron chi connectivity index (χ4n) is 1.68. The molecule has 1 heterocycles. The highest BCUT2D eigenvalue weighted by Crippen LogP contribution is 2.14. The minimum atomic E-state index is -1.07. The number of hydrogen-bond donors (Lipinski definition) is 3. The van der Waals surface area contributed by atoms with Crippen molar-refractivity contribution in [3.05, 3.63) is 23.2 Å². The summed E-state index contributed by atoms with van der Waals surface area (Å²) < 4.78 is 16.2. The van der Waals surface area contributed by atoms with Crippen LogP contribution in [0.1, 0.15) is 28.8 Å². The molecule has 0 radical (unpaired) electrons. The third-order valence-electron chi connectivity index (χ3n) is 2.48. The molecule has 0 bridgehead atoms. The van der Waals surface area contributed by atoms with Crippen LogP contribution in [0.3, 0.4) is 0 Å². The summed E-state index contributed by atoms with van der Waals surface area (Å²) >= 11 is 0. The van der Waals surface area contributed by atoms with Gasteiger partial charge >= 0.3 is 12.0 Å². The molecule has 0 aliphatic rings. The third-order valence-corrected chi connectivity index (χ3v) is 3.45. The Labute approximate surface area is 119 Å². The maximum atomic E-state index is 11.6. The van der Waals surface area contributed by atoms with E-state index in [9.17, 15) is 13.8 Å². The average Bonchev–Trinajstić information content (AvgIpc) is 2.66. The van der Waals surface area contributed by atoms with E-state index in [4.69, 9.17) is 9.52 Å². The van der Waals surface area contributed by atoms with Gasteiger partial charge in [-0.3, -0.25) is 4.21 Å². The van der Waals surface area contributed by atoms with Crippen molar-refractivity contribution >= 4 is 22.8 Å². The molecular weight excluding hydrogens is 284 g/mol. The zero-order chi connectivity index (χ0) is 15.3. The predicted octanol–water partition coefficient (Wildman–Crippen LogP) is 0.852. The molecule has 3 N–H and O–H groups in total. The van der Waals surface area contributed by atoms with Crippen LogP contribution in [0.5, 0.6) is 0 Å². The van der Waals surface area contributed by atoms with Gasteiger partial charge in [-0.25, -0.2) is 9.59 Å². The summed E-state index contributed by atoms with van der Waals surface area (Å²) in [5.41, 5.74) is 0.0805. The molecule has 1 aromatic rings. The van der Waals surface area contributed by atoms with Gasteiger partial charge in [0.1, 0.15) is 17.1 Å². The molecule has 0 spiro atoms. The van der Waals surface area contributed by atoms with Crippen molar-refractivity contribution in [2.24, 2.45) is 0 Å². The number of rotatable bonds is 6. The number of nitrogens with one attached hydrogen (secondary N) is 2. The molecule has 112 valence electrons. The van der Waals surface area contributed by atoms with E-state index in [1.54, 1.807) is 20.1 Å². The van der Waals surface area contributed by atoms with Crippen LogP contribution in [-0.4, -0.2) is 39.4 Å². The number of aromatic carboxylic acids is 1. The minimum Gasteiger partial charge on any atom is -0.478 e. The average molecular weight is 302 g/mol. The number of furan rings is 1. The van der Waals surface area contributed by atoms with Gasteiger partial charge in [-0.05, 0) is 19.9 Å². The Morgan fingerprint density at radius 3 is 2.65 bits per heavy atom. The van der Waals surface area contributed by atoms with Crippen molar-refractivity contribution < 1.29 is 23.3 Å². The van der Waals surface area contributed by atoms with Gasteiger partial charge in [-0.15, -0.1) is 0 Å². The molecule has 1 aromatic heterocycles. The summed E-state index contributed by atoms with van der Waals surface area (Å²) in [5, 5.41) is 14.0. The fourth-order valence-corrected chi connectivity index (χ4v) is 2.47. The SMILES string of the molecule is Cc1oc(CNC(=O)NC(C)CS(C)=O)cc1C(=O)O. The Balaban J connectivity index is 2.47. The number of amides is 2. The van der Waals surface area contributed by atoms with Crippen LogP contribution < -0.4 is 10.6 Å². The van der Waals surface area contributed by atoms with Crippen molar-refractivity contribution in [1.82, 2.24) is 10.6 Å². The Morgan fingerprint density at radius 2 is 2.15 bits per heavy atom. The fraction of sp³-hybridized carbons (Fsp3) is 0.500. The molecule has 0 aliphatic heterocycles. The lowest BCUT2D eigenvalue weighted by Crippen LogP contribution is -2.42. The molecule has 0 aliphatic carbocycles. The monoisotopic (exact) mass is 302 g/mol. The largest absolute Gasteiger partial charge is 0.478 e. The van der Waals surface area contributed by atoms with E-state index in [2.05, 4.69) is 10.6 Å². The topological polar surface area (TPSA) is 109 Å². The summed E-state index contributed by atoms with van der Waals surface area (Å²) in [5.74, 6) is -0.0385. The van der Waals surface area contributed by atoms with Crippen LogP contribution in [0.15, 0.2) is 10.5 Å². The summed E-state index contributed by atoms with van der Waals surface area (Å²) in [7, 11) is -0.983. The number of carboxylic acids is 1. The Hall–Kier alpha value is -1.83. The first-order chi connectivity index (χ1) is 9.29.